The first kappa shape index (κ1) is 15.7. The number of halogens is 2. The monoisotopic (exact) mass is 377 g/mol. The molecule has 23 heavy (non-hydrogen) atoms. The third-order valence-corrected chi connectivity index (χ3v) is 4.61. The molecule has 2 aromatic carbocycles. The average Bonchev–Trinajstić information content (AvgIpc) is 2.53. The molecule has 1 amide bonds. The van der Waals surface area contributed by atoms with E-state index in [9.17, 15) is 19.1 Å². The van der Waals surface area contributed by atoms with Crippen LogP contribution in [0.1, 0.15) is 21.5 Å². The summed E-state index contributed by atoms with van der Waals surface area (Å²) in [4.78, 5) is 25.7. The zero-order valence-electron chi connectivity index (χ0n) is 12.0. The molecule has 3 rings (SSSR count). The first-order valence-corrected chi connectivity index (χ1v) is 7.82. The minimum Gasteiger partial charge on any atom is -0.480 e. The van der Waals surface area contributed by atoms with Gasteiger partial charge in [0.15, 0.2) is 0 Å². The summed E-state index contributed by atoms with van der Waals surface area (Å²) in [5.41, 5.74) is 2.11. The highest BCUT2D eigenvalue weighted by Gasteiger charge is 2.35. The van der Waals surface area contributed by atoms with Gasteiger partial charge in [-0.1, -0.05) is 24.3 Å². The molecule has 0 spiro atoms. The fourth-order valence-electron chi connectivity index (χ4n) is 2.77. The van der Waals surface area contributed by atoms with Crippen molar-refractivity contribution in [3.05, 3.63) is 69.4 Å². The molecule has 0 aromatic heterocycles. The summed E-state index contributed by atoms with van der Waals surface area (Å²) in [6.07, 6.45) is 0.260. The number of carboxylic acid groups (broad SMARTS) is 1. The Morgan fingerprint density at radius 1 is 1.17 bits per heavy atom. The van der Waals surface area contributed by atoms with E-state index in [0.29, 0.717) is 4.47 Å². The second-order valence-corrected chi connectivity index (χ2v) is 6.24. The van der Waals surface area contributed by atoms with Gasteiger partial charge in [-0.3, -0.25) is 4.79 Å². The smallest absolute Gasteiger partial charge is 0.326 e. The van der Waals surface area contributed by atoms with Crippen LogP contribution in [-0.4, -0.2) is 27.9 Å². The third-order valence-electron chi connectivity index (χ3n) is 3.96. The Bertz CT molecular complexity index is 793. The molecule has 1 heterocycles. The normalized spacial score (nSPS) is 16.8. The van der Waals surface area contributed by atoms with E-state index in [-0.39, 0.29) is 18.5 Å². The Morgan fingerprint density at radius 2 is 1.87 bits per heavy atom. The van der Waals surface area contributed by atoms with Crippen molar-refractivity contribution in [3.8, 4) is 0 Å². The van der Waals surface area contributed by atoms with E-state index in [1.54, 1.807) is 0 Å². The maximum atomic E-state index is 13.2. The number of carbonyl (C=O) groups is 2. The predicted octanol–water partition coefficient (Wildman–Crippen LogP) is 3.24. The molecule has 4 nitrogen and oxygen atoms in total. The van der Waals surface area contributed by atoms with Crippen LogP contribution in [0.2, 0.25) is 0 Å². The first-order chi connectivity index (χ1) is 11.0. The maximum absolute atomic E-state index is 13.2. The molecule has 1 aliphatic rings. The number of aliphatic carboxylic acids is 1. The molecule has 1 unspecified atom stereocenters. The van der Waals surface area contributed by atoms with Crippen molar-refractivity contribution in [2.45, 2.75) is 19.0 Å². The van der Waals surface area contributed by atoms with Crippen LogP contribution in [0.3, 0.4) is 0 Å². The Labute approximate surface area is 140 Å². The number of carboxylic acids is 1. The minimum absolute atomic E-state index is 0.218. The highest BCUT2D eigenvalue weighted by Crippen LogP contribution is 2.27. The Kier molecular flexibility index (Phi) is 4.17. The van der Waals surface area contributed by atoms with Crippen molar-refractivity contribution >= 4 is 27.8 Å². The Hall–Kier alpha value is -2.21. The molecule has 0 aliphatic carbocycles. The quantitative estimate of drug-likeness (QED) is 0.873. The fourth-order valence-corrected chi connectivity index (χ4v) is 3.30. The summed E-state index contributed by atoms with van der Waals surface area (Å²) >= 11 is 3.17. The zero-order chi connectivity index (χ0) is 16.6. The van der Waals surface area contributed by atoms with E-state index < -0.39 is 23.7 Å². The van der Waals surface area contributed by atoms with Gasteiger partial charge in [0, 0.05) is 17.4 Å². The molecule has 6 heteroatoms. The molecule has 0 saturated heterocycles. The van der Waals surface area contributed by atoms with Crippen LogP contribution in [-0.2, 0) is 17.8 Å². The van der Waals surface area contributed by atoms with Crippen molar-refractivity contribution in [1.29, 1.82) is 0 Å². The van der Waals surface area contributed by atoms with E-state index in [1.807, 2.05) is 24.3 Å². The number of hydrogen-bond acceptors (Lipinski definition) is 2. The van der Waals surface area contributed by atoms with Gasteiger partial charge < -0.3 is 10.0 Å². The Balaban J connectivity index is 1.99. The van der Waals surface area contributed by atoms with Crippen LogP contribution < -0.4 is 0 Å². The fraction of sp³-hybridized carbons (Fsp3) is 0.176. The van der Waals surface area contributed by atoms with Crippen molar-refractivity contribution in [1.82, 2.24) is 4.90 Å². The van der Waals surface area contributed by atoms with Gasteiger partial charge in [-0.2, -0.15) is 0 Å². The number of amides is 1. The molecule has 0 radical (unpaired) electrons. The van der Waals surface area contributed by atoms with Crippen LogP contribution in [0.4, 0.5) is 4.39 Å². The van der Waals surface area contributed by atoms with Crippen molar-refractivity contribution in [3.63, 3.8) is 0 Å². The van der Waals surface area contributed by atoms with Gasteiger partial charge in [0.25, 0.3) is 5.91 Å². The second kappa shape index (κ2) is 6.12. The third kappa shape index (κ3) is 2.99. The van der Waals surface area contributed by atoms with E-state index >= 15 is 0 Å². The summed E-state index contributed by atoms with van der Waals surface area (Å²) in [5.74, 6) is -1.95. The van der Waals surface area contributed by atoms with Gasteiger partial charge in [0.1, 0.15) is 11.9 Å². The molecule has 1 N–H and O–H groups in total. The van der Waals surface area contributed by atoms with Crippen molar-refractivity contribution in [2.75, 3.05) is 0 Å². The van der Waals surface area contributed by atoms with Gasteiger partial charge in [-0.25, -0.2) is 9.18 Å². The summed E-state index contributed by atoms with van der Waals surface area (Å²) in [5, 5.41) is 9.48. The number of nitrogens with zero attached hydrogens (tertiary/aromatic N) is 1. The lowest BCUT2D eigenvalue weighted by Crippen LogP contribution is -2.48. The van der Waals surface area contributed by atoms with Crippen LogP contribution in [0.25, 0.3) is 0 Å². The molecule has 1 atom stereocenters. The minimum atomic E-state index is -1.05. The standard InChI is InChI=1S/C17H13BrFNO3/c18-14-8-12(19)5-6-13(14)16(21)20-9-11-4-2-1-3-10(11)7-15(20)17(22)23/h1-6,8,15H,7,9H2,(H,22,23). The summed E-state index contributed by atoms with van der Waals surface area (Å²) in [6.45, 7) is 0.218. The van der Waals surface area contributed by atoms with Gasteiger partial charge in [0.2, 0.25) is 0 Å². The summed E-state index contributed by atoms with van der Waals surface area (Å²) in [6, 6.07) is 10.3. The van der Waals surface area contributed by atoms with Gasteiger partial charge in [-0.05, 0) is 45.3 Å². The molecule has 0 fully saturated rings. The lowest BCUT2D eigenvalue weighted by Gasteiger charge is -2.34. The van der Waals surface area contributed by atoms with Crippen molar-refractivity contribution < 1.29 is 19.1 Å². The maximum Gasteiger partial charge on any atom is 0.326 e. The summed E-state index contributed by atoms with van der Waals surface area (Å²) in [7, 11) is 0. The highest BCUT2D eigenvalue weighted by atomic mass is 79.9. The van der Waals surface area contributed by atoms with Crippen LogP contribution in [0.15, 0.2) is 46.9 Å². The molecule has 0 saturated carbocycles. The Morgan fingerprint density at radius 3 is 2.52 bits per heavy atom. The van der Waals surface area contributed by atoms with Crippen LogP contribution >= 0.6 is 15.9 Å². The lowest BCUT2D eigenvalue weighted by molar-refractivity contribution is -0.142. The summed E-state index contributed by atoms with van der Waals surface area (Å²) < 4.78 is 13.5. The van der Waals surface area contributed by atoms with E-state index in [1.165, 1.54) is 23.1 Å². The van der Waals surface area contributed by atoms with E-state index in [4.69, 9.17) is 0 Å². The highest BCUT2D eigenvalue weighted by molar-refractivity contribution is 9.10. The molecule has 118 valence electrons. The predicted molar refractivity (Wildman–Crippen MR) is 85.5 cm³/mol. The van der Waals surface area contributed by atoms with Gasteiger partial charge >= 0.3 is 5.97 Å². The number of carbonyl (C=O) groups excluding carboxylic acids is 1. The van der Waals surface area contributed by atoms with E-state index in [2.05, 4.69) is 15.9 Å². The molecular weight excluding hydrogens is 365 g/mol. The largest absolute Gasteiger partial charge is 0.480 e. The second-order valence-electron chi connectivity index (χ2n) is 5.38. The number of benzene rings is 2. The molecule has 1 aliphatic heterocycles. The molecule has 0 bridgehead atoms. The SMILES string of the molecule is O=C(O)C1Cc2ccccc2CN1C(=O)c1ccc(F)cc1Br. The van der Waals surface area contributed by atoms with Crippen LogP contribution in [0.5, 0.6) is 0 Å². The molecular formula is C17H13BrFNO3. The molecule has 2 aromatic rings. The number of hydrogen-bond donors (Lipinski definition) is 1. The topological polar surface area (TPSA) is 57.6 Å². The first-order valence-electron chi connectivity index (χ1n) is 7.03. The number of rotatable bonds is 2. The van der Waals surface area contributed by atoms with Crippen molar-refractivity contribution in [2.24, 2.45) is 0 Å². The van der Waals surface area contributed by atoms with Gasteiger partial charge in [-0.15, -0.1) is 0 Å². The lowest BCUT2D eigenvalue weighted by atomic mass is 9.93. The zero-order valence-corrected chi connectivity index (χ0v) is 13.6. The van der Waals surface area contributed by atoms with Gasteiger partial charge in [0.05, 0.1) is 5.56 Å². The number of fused-ring (bicyclic) bond motifs is 1. The van der Waals surface area contributed by atoms with Crippen LogP contribution in [0, 0.1) is 5.82 Å². The average molecular weight is 378 g/mol. The van der Waals surface area contributed by atoms with E-state index in [0.717, 1.165) is 11.1 Å².